The van der Waals surface area contributed by atoms with Gasteiger partial charge in [0, 0.05) is 25.9 Å². The van der Waals surface area contributed by atoms with Crippen molar-refractivity contribution in [3.63, 3.8) is 0 Å². The van der Waals surface area contributed by atoms with E-state index in [4.69, 9.17) is 9.47 Å². The second kappa shape index (κ2) is 5.97. The smallest absolute Gasteiger partial charge is 0.242 e. The molecule has 3 saturated heterocycles. The van der Waals surface area contributed by atoms with Crippen LogP contribution in [0.1, 0.15) is 25.7 Å². The van der Waals surface area contributed by atoms with Gasteiger partial charge < -0.3 is 14.4 Å². The van der Waals surface area contributed by atoms with E-state index in [2.05, 4.69) is 0 Å². The van der Waals surface area contributed by atoms with Gasteiger partial charge in [-0.05, 0) is 12.8 Å². The lowest BCUT2D eigenvalue weighted by molar-refractivity contribution is -0.188. The number of carbonyl (C=O) groups is 3. The molecule has 0 aromatic heterocycles. The molecule has 0 aromatic rings. The summed E-state index contributed by atoms with van der Waals surface area (Å²) < 4.78 is 11.3. The number of hydrogen-bond acceptors (Lipinski definition) is 5. The molecular weight excluding hydrogens is 312 g/mol. The zero-order chi connectivity index (χ0) is 16.7. The molecule has 1 spiro atoms. The second-order valence-corrected chi connectivity index (χ2v) is 6.91. The first-order valence-corrected chi connectivity index (χ1v) is 8.66. The monoisotopic (exact) mass is 334 g/mol. The predicted molar refractivity (Wildman–Crippen MR) is 82.5 cm³/mol. The van der Waals surface area contributed by atoms with Crippen LogP contribution in [0.15, 0.2) is 12.2 Å². The Labute approximate surface area is 140 Å². The van der Waals surface area contributed by atoms with Crippen molar-refractivity contribution < 1.29 is 23.9 Å². The van der Waals surface area contributed by atoms with E-state index >= 15 is 0 Å². The van der Waals surface area contributed by atoms with Crippen LogP contribution < -0.4 is 0 Å². The van der Waals surface area contributed by atoms with Crippen LogP contribution in [0.25, 0.3) is 0 Å². The molecule has 3 heterocycles. The molecule has 3 aliphatic heterocycles. The first-order chi connectivity index (χ1) is 11.6. The molecule has 4 rings (SSSR count). The van der Waals surface area contributed by atoms with E-state index in [9.17, 15) is 14.4 Å². The summed E-state index contributed by atoms with van der Waals surface area (Å²) in [6, 6.07) is 0. The largest absolute Gasteiger partial charge is 0.347 e. The van der Waals surface area contributed by atoms with Crippen molar-refractivity contribution in [1.29, 1.82) is 0 Å². The van der Waals surface area contributed by atoms with Gasteiger partial charge in [-0.2, -0.15) is 0 Å². The molecule has 2 atom stereocenters. The number of imide groups is 1. The van der Waals surface area contributed by atoms with Gasteiger partial charge in [0.2, 0.25) is 17.7 Å². The molecule has 4 aliphatic rings. The predicted octanol–water partition coefficient (Wildman–Crippen LogP) is 0.303. The first kappa shape index (κ1) is 15.8. The maximum Gasteiger partial charge on any atom is 0.242 e. The Bertz CT molecular complexity index is 560. The number of amides is 3. The summed E-state index contributed by atoms with van der Waals surface area (Å²) in [5.41, 5.74) is 0. The highest BCUT2D eigenvalue weighted by Gasteiger charge is 2.48. The molecule has 24 heavy (non-hydrogen) atoms. The van der Waals surface area contributed by atoms with Gasteiger partial charge in [0.25, 0.3) is 0 Å². The zero-order valence-corrected chi connectivity index (χ0v) is 13.6. The standard InChI is InChI=1S/C17H22N2O5/c20-14(18-7-5-17(6-8-18)23-9-10-24-17)11-19-15(21)12-3-1-2-4-13(12)16(19)22/h1-2,12-13H,3-11H2. The van der Waals surface area contributed by atoms with E-state index in [0.29, 0.717) is 52.0 Å². The number of rotatable bonds is 2. The van der Waals surface area contributed by atoms with Gasteiger partial charge in [0.05, 0.1) is 25.0 Å². The van der Waals surface area contributed by atoms with Crippen LogP contribution in [-0.2, 0) is 23.9 Å². The van der Waals surface area contributed by atoms with E-state index in [1.54, 1.807) is 4.90 Å². The second-order valence-electron chi connectivity index (χ2n) is 6.91. The third kappa shape index (κ3) is 2.56. The molecule has 0 radical (unpaired) electrons. The minimum Gasteiger partial charge on any atom is -0.347 e. The number of hydrogen-bond donors (Lipinski definition) is 0. The van der Waals surface area contributed by atoms with Crippen molar-refractivity contribution in [1.82, 2.24) is 9.80 Å². The summed E-state index contributed by atoms with van der Waals surface area (Å²) >= 11 is 0. The summed E-state index contributed by atoms with van der Waals surface area (Å²) in [6.45, 7) is 2.12. The first-order valence-electron chi connectivity index (χ1n) is 8.66. The van der Waals surface area contributed by atoms with Crippen molar-refractivity contribution in [3.8, 4) is 0 Å². The molecule has 7 nitrogen and oxygen atoms in total. The zero-order valence-electron chi connectivity index (χ0n) is 13.6. The van der Waals surface area contributed by atoms with E-state index < -0.39 is 5.79 Å². The van der Waals surface area contributed by atoms with Gasteiger partial charge in [-0.25, -0.2) is 0 Å². The molecule has 0 aromatic carbocycles. The average molecular weight is 334 g/mol. The van der Waals surface area contributed by atoms with Gasteiger partial charge in [-0.3, -0.25) is 19.3 Å². The highest BCUT2D eigenvalue weighted by Crippen LogP contribution is 2.35. The molecule has 0 N–H and O–H groups in total. The number of ether oxygens (including phenoxy) is 2. The van der Waals surface area contributed by atoms with Gasteiger partial charge in [-0.1, -0.05) is 12.2 Å². The summed E-state index contributed by atoms with van der Waals surface area (Å²) in [4.78, 5) is 40.3. The fourth-order valence-electron chi connectivity index (χ4n) is 4.14. The SMILES string of the molecule is O=C(CN1C(=O)C2CC=CCC2C1=O)N1CCC2(CC1)OCCO2. The molecule has 0 bridgehead atoms. The average Bonchev–Trinajstić information content (AvgIpc) is 3.15. The van der Waals surface area contributed by atoms with Crippen molar-refractivity contribution in [2.24, 2.45) is 11.8 Å². The van der Waals surface area contributed by atoms with Crippen molar-refractivity contribution in [3.05, 3.63) is 12.2 Å². The molecule has 1 aliphatic carbocycles. The van der Waals surface area contributed by atoms with E-state index in [1.807, 2.05) is 12.2 Å². The maximum atomic E-state index is 12.5. The fourth-order valence-corrected chi connectivity index (χ4v) is 4.14. The third-order valence-corrected chi connectivity index (χ3v) is 5.58. The number of carbonyl (C=O) groups excluding carboxylic acids is 3. The molecule has 2 unspecified atom stereocenters. The quantitative estimate of drug-likeness (QED) is 0.536. The Kier molecular flexibility index (Phi) is 3.92. The molecule has 7 heteroatoms. The lowest BCUT2D eigenvalue weighted by atomic mass is 9.85. The van der Waals surface area contributed by atoms with Crippen LogP contribution in [-0.4, -0.2) is 66.2 Å². The number of fused-ring (bicyclic) bond motifs is 1. The van der Waals surface area contributed by atoms with Crippen LogP contribution in [0.2, 0.25) is 0 Å². The Morgan fingerprint density at radius 2 is 1.58 bits per heavy atom. The highest BCUT2D eigenvalue weighted by atomic mass is 16.7. The van der Waals surface area contributed by atoms with E-state index in [1.165, 1.54) is 0 Å². The number of nitrogens with zero attached hydrogens (tertiary/aromatic N) is 2. The molecule has 130 valence electrons. The summed E-state index contributed by atoms with van der Waals surface area (Å²) in [5.74, 6) is -1.65. The minimum atomic E-state index is -0.531. The fraction of sp³-hybridized carbons (Fsp3) is 0.706. The number of piperidine rings is 1. The van der Waals surface area contributed by atoms with Crippen LogP contribution >= 0.6 is 0 Å². The molecule has 0 saturated carbocycles. The summed E-state index contributed by atoms with van der Waals surface area (Å²) in [7, 11) is 0. The third-order valence-electron chi connectivity index (χ3n) is 5.58. The Morgan fingerprint density at radius 3 is 2.12 bits per heavy atom. The van der Waals surface area contributed by atoms with E-state index in [-0.39, 0.29) is 36.1 Å². The van der Waals surface area contributed by atoms with Gasteiger partial charge in [-0.15, -0.1) is 0 Å². The number of allylic oxidation sites excluding steroid dienone is 2. The van der Waals surface area contributed by atoms with E-state index in [0.717, 1.165) is 4.90 Å². The summed E-state index contributed by atoms with van der Waals surface area (Å²) in [6.07, 6.45) is 6.36. The lowest BCUT2D eigenvalue weighted by Gasteiger charge is -2.37. The highest BCUT2D eigenvalue weighted by molar-refractivity contribution is 6.07. The van der Waals surface area contributed by atoms with Crippen molar-refractivity contribution in [2.75, 3.05) is 32.8 Å². The maximum absolute atomic E-state index is 12.5. The lowest BCUT2D eigenvalue weighted by Crippen LogP contribution is -2.50. The Balaban J connectivity index is 1.36. The topological polar surface area (TPSA) is 76.2 Å². The Hall–Kier alpha value is -1.73. The van der Waals surface area contributed by atoms with Gasteiger partial charge in [0.15, 0.2) is 5.79 Å². The van der Waals surface area contributed by atoms with Gasteiger partial charge >= 0.3 is 0 Å². The minimum absolute atomic E-state index is 0.140. The number of likely N-dealkylation sites (tertiary alicyclic amines) is 2. The van der Waals surface area contributed by atoms with Crippen LogP contribution in [0.5, 0.6) is 0 Å². The van der Waals surface area contributed by atoms with Crippen LogP contribution in [0.4, 0.5) is 0 Å². The summed E-state index contributed by atoms with van der Waals surface area (Å²) in [5, 5.41) is 0. The van der Waals surface area contributed by atoms with Gasteiger partial charge in [0.1, 0.15) is 6.54 Å². The Morgan fingerprint density at radius 1 is 1.04 bits per heavy atom. The van der Waals surface area contributed by atoms with Crippen LogP contribution in [0.3, 0.4) is 0 Å². The molecular formula is C17H22N2O5. The van der Waals surface area contributed by atoms with Crippen molar-refractivity contribution in [2.45, 2.75) is 31.5 Å². The molecule has 3 amide bonds. The molecule has 3 fully saturated rings. The normalized spacial score (nSPS) is 31.8. The van der Waals surface area contributed by atoms with Crippen molar-refractivity contribution >= 4 is 17.7 Å². The van der Waals surface area contributed by atoms with Crippen LogP contribution in [0, 0.1) is 11.8 Å².